The van der Waals surface area contributed by atoms with E-state index in [2.05, 4.69) is 18.8 Å². The first-order chi connectivity index (χ1) is 7.91. The quantitative estimate of drug-likeness (QED) is 0.823. The summed E-state index contributed by atoms with van der Waals surface area (Å²) in [5.74, 6) is 0.341. The highest BCUT2D eigenvalue weighted by atomic mass is 32.1. The maximum Gasteiger partial charge on any atom is 0.272 e. The first kappa shape index (κ1) is 13.6. The van der Waals surface area contributed by atoms with Crippen LogP contribution in [0.3, 0.4) is 0 Å². The molecule has 0 unspecified atom stereocenters. The van der Waals surface area contributed by atoms with E-state index in [-0.39, 0.29) is 10.9 Å². The van der Waals surface area contributed by atoms with Gasteiger partial charge >= 0.3 is 0 Å². The molecule has 4 nitrogen and oxygen atoms in total. The number of thiocarbonyl (C=S) groups is 1. The molecule has 0 spiro atoms. The van der Waals surface area contributed by atoms with E-state index in [0.717, 1.165) is 0 Å². The fourth-order valence-corrected chi connectivity index (χ4v) is 1.61. The van der Waals surface area contributed by atoms with Gasteiger partial charge in [0.05, 0.1) is 0 Å². The molecule has 17 heavy (non-hydrogen) atoms. The number of amides is 1. The minimum atomic E-state index is -0.0896. The van der Waals surface area contributed by atoms with Crippen LogP contribution < -0.4 is 5.73 Å². The minimum absolute atomic E-state index is 0.0896. The van der Waals surface area contributed by atoms with Crippen LogP contribution in [0.5, 0.6) is 0 Å². The monoisotopic (exact) mass is 251 g/mol. The average molecular weight is 251 g/mol. The van der Waals surface area contributed by atoms with E-state index < -0.39 is 0 Å². The molecule has 5 heteroatoms. The van der Waals surface area contributed by atoms with Crippen molar-refractivity contribution in [3.8, 4) is 0 Å². The summed E-state index contributed by atoms with van der Waals surface area (Å²) in [6.07, 6.45) is 1.53. The molecule has 0 fully saturated rings. The number of nitrogens with zero attached hydrogens (tertiary/aromatic N) is 2. The molecule has 1 rings (SSSR count). The van der Waals surface area contributed by atoms with Crippen LogP contribution in [-0.2, 0) is 0 Å². The van der Waals surface area contributed by atoms with Gasteiger partial charge in [-0.05, 0) is 18.1 Å². The molecule has 1 aromatic heterocycles. The van der Waals surface area contributed by atoms with Gasteiger partial charge in [-0.1, -0.05) is 26.1 Å². The van der Waals surface area contributed by atoms with Crippen LogP contribution in [0.4, 0.5) is 0 Å². The largest absolute Gasteiger partial charge is 0.389 e. The minimum Gasteiger partial charge on any atom is -0.389 e. The normalized spacial score (nSPS) is 10.4. The summed E-state index contributed by atoms with van der Waals surface area (Å²) in [4.78, 5) is 18.0. The van der Waals surface area contributed by atoms with E-state index in [9.17, 15) is 4.79 Å². The van der Waals surface area contributed by atoms with Gasteiger partial charge in [-0.15, -0.1) is 0 Å². The van der Waals surface area contributed by atoms with Crippen molar-refractivity contribution in [2.75, 3.05) is 13.6 Å². The van der Waals surface area contributed by atoms with Crippen LogP contribution >= 0.6 is 12.2 Å². The van der Waals surface area contributed by atoms with E-state index in [1.54, 1.807) is 24.1 Å². The standard InChI is InChI=1S/C12H17N3OS/c1-8(2)7-15(3)12(16)10-5-4-9(6-14-10)11(13)17/h4-6,8H,7H2,1-3H3,(H2,13,17). The summed E-state index contributed by atoms with van der Waals surface area (Å²) >= 11 is 4.82. The highest BCUT2D eigenvalue weighted by Crippen LogP contribution is 2.05. The Bertz CT molecular complexity index is 414. The van der Waals surface area contributed by atoms with Crippen molar-refractivity contribution in [3.05, 3.63) is 29.6 Å². The van der Waals surface area contributed by atoms with Gasteiger partial charge in [0.25, 0.3) is 5.91 Å². The number of nitrogens with two attached hydrogens (primary N) is 1. The SMILES string of the molecule is CC(C)CN(C)C(=O)c1ccc(C(N)=S)cn1. The molecular formula is C12H17N3OS. The van der Waals surface area contributed by atoms with E-state index in [1.807, 2.05) is 0 Å². The lowest BCUT2D eigenvalue weighted by atomic mass is 10.2. The van der Waals surface area contributed by atoms with Gasteiger partial charge in [-0.3, -0.25) is 9.78 Å². The smallest absolute Gasteiger partial charge is 0.272 e. The molecule has 0 saturated heterocycles. The van der Waals surface area contributed by atoms with E-state index in [4.69, 9.17) is 18.0 Å². The number of aromatic nitrogens is 1. The predicted octanol–water partition coefficient (Wildman–Crippen LogP) is 1.44. The Morgan fingerprint density at radius 1 is 1.53 bits per heavy atom. The van der Waals surface area contributed by atoms with E-state index >= 15 is 0 Å². The molecule has 2 N–H and O–H groups in total. The molecule has 1 heterocycles. The lowest BCUT2D eigenvalue weighted by Gasteiger charge is -2.18. The number of rotatable bonds is 4. The summed E-state index contributed by atoms with van der Waals surface area (Å²) in [5, 5.41) is 0. The number of hydrogen-bond donors (Lipinski definition) is 1. The van der Waals surface area contributed by atoms with Crippen LogP contribution in [0, 0.1) is 5.92 Å². The molecule has 0 aliphatic carbocycles. The molecule has 0 bridgehead atoms. The van der Waals surface area contributed by atoms with E-state index in [1.165, 1.54) is 6.20 Å². The molecule has 0 aromatic carbocycles. The van der Waals surface area contributed by atoms with Crippen LogP contribution in [0.25, 0.3) is 0 Å². The van der Waals surface area contributed by atoms with Crippen molar-refractivity contribution in [1.82, 2.24) is 9.88 Å². The molecule has 1 amide bonds. The summed E-state index contributed by atoms with van der Waals surface area (Å²) in [6.45, 7) is 4.83. The molecule has 0 radical (unpaired) electrons. The third kappa shape index (κ3) is 3.78. The molecule has 0 aliphatic rings. The predicted molar refractivity (Wildman–Crippen MR) is 71.9 cm³/mol. The Kier molecular flexibility index (Phi) is 4.57. The fraction of sp³-hybridized carbons (Fsp3) is 0.417. The van der Waals surface area contributed by atoms with Crippen LogP contribution in [0.15, 0.2) is 18.3 Å². The summed E-state index contributed by atoms with van der Waals surface area (Å²) in [6, 6.07) is 3.36. The van der Waals surface area contributed by atoms with Gasteiger partial charge in [-0.25, -0.2) is 0 Å². The van der Waals surface area contributed by atoms with Crippen molar-refractivity contribution in [2.24, 2.45) is 11.7 Å². The Labute approximate surface area is 107 Å². The summed E-state index contributed by atoms with van der Waals surface area (Å²) in [7, 11) is 1.77. The second kappa shape index (κ2) is 5.72. The van der Waals surface area contributed by atoms with Crippen molar-refractivity contribution >= 4 is 23.1 Å². The lowest BCUT2D eigenvalue weighted by molar-refractivity contribution is 0.0773. The fourth-order valence-electron chi connectivity index (χ4n) is 1.49. The molecule has 92 valence electrons. The van der Waals surface area contributed by atoms with Crippen LogP contribution in [0.1, 0.15) is 29.9 Å². The highest BCUT2D eigenvalue weighted by Gasteiger charge is 2.14. The molecule has 1 aromatic rings. The number of carbonyl (C=O) groups excluding carboxylic acids is 1. The Morgan fingerprint density at radius 3 is 2.59 bits per heavy atom. The molecule has 0 saturated carbocycles. The second-order valence-corrected chi connectivity index (χ2v) is 4.82. The molecular weight excluding hydrogens is 234 g/mol. The summed E-state index contributed by atoms with van der Waals surface area (Å²) in [5.41, 5.74) is 6.54. The molecule has 0 aliphatic heterocycles. The number of hydrogen-bond acceptors (Lipinski definition) is 3. The van der Waals surface area contributed by atoms with Crippen molar-refractivity contribution in [2.45, 2.75) is 13.8 Å². The zero-order chi connectivity index (χ0) is 13.0. The van der Waals surface area contributed by atoms with E-state index in [0.29, 0.717) is 23.7 Å². The molecule has 0 atom stereocenters. The van der Waals surface area contributed by atoms with Gasteiger partial charge < -0.3 is 10.6 Å². The van der Waals surface area contributed by atoms with Gasteiger partial charge in [0, 0.05) is 25.4 Å². The van der Waals surface area contributed by atoms with Crippen molar-refractivity contribution in [1.29, 1.82) is 0 Å². The lowest BCUT2D eigenvalue weighted by Crippen LogP contribution is -2.30. The van der Waals surface area contributed by atoms with Crippen LogP contribution in [-0.4, -0.2) is 34.4 Å². The number of carbonyl (C=O) groups is 1. The average Bonchev–Trinajstić information content (AvgIpc) is 2.27. The zero-order valence-electron chi connectivity index (χ0n) is 10.3. The third-order valence-electron chi connectivity index (χ3n) is 2.25. The first-order valence-corrected chi connectivity index (χ1v) is 5.84. The second-order valence-electron chi connectivity index (χ2n) is 4.38. The Hall–Kier alpha value is -1.49. The maximum atomic E-state index is 12.0. The Morgan fingerprint density at radius 2 is 2.18 bits per heavy atom. The van der Waals surface area contributed by atoms with Crippen LogP contribution in [0.2, 0.25) is 0 Å². The van der Waals surface area contributed by atoms with Gasteiger partial charge in [0.2, 0.25) is 0 Å². The van der Waals surface area contributed by atoms with Crippen molar-refractivity contribution in [3.63, 3.8) is 0 Å². The van der Waals surface area contributed by atoms with Crippen molar-refractivity contribution < 1.29 is 4.79 Å². The third-order valence-corrected chi connectivity index (χ3v) is 2.49. The Balaban J connectivity index is 2.79. The van der Waals surface area contributed by atoms with Gasteiger partial charge in [0.15, 0.2) is 0 Å². The van der Waals surface area contributed by atoms with Gasteiger partial charge in [0.1, 0.15) is 10.7 Å². The topological polar surface area (TPSA) is 59.2 Å². The number of pyridine rings is 1. The summed E-state index contributed by atoms with van der Waals surface area (Å²) < 4.78 is 0. The first-order valence-electron chi connectivity index (χ1n) is 5.43. The maximum absolute atomic E-state index is 12.0. The van der Waals surface area contributed by atoms with Gasteiger partial charge in [-0.2, -0.15) is 0 Å². The highest BCUT2D eigenvalue weighted by molar-refractivity contribution is 7.80. The zero-order valence-corrected chi connectivity index (χ0v) is 11.1.